The Morgan fingerprint density at radius 3 is 0.973 bits per heavy atom. The fraction of sp³-hybridized carbons (Fsp3) is 0.633. The predicted molar refractivity (Wildman–Crippen MR) is 323 cm³/mol. The molecule has 0 radical (unpaired) electrons. The maximum atomic E-state index is 11.2. The van der Waals surface area contributed by atoms with Gasteiger partial charge < -0.3 is 11.1 Å². The van der Waals surface area contributed by atoms with Crippen LogP contribution >= 0.6 is 0 Å². The van der Waals surface area contributed by atoms with Crippen molar-refractivity contribution in [1.29, 1.82) is 0 Å². The lowest BCUT2D eigenvalue weighted by Crippen LogP contribution is -2.39. The molecule has 0 saturated carbocycles. The Morgan fingerprint density at radius 1 is 0.473 bits per heavy atom. The summed E-state index contributed by atoms with van der Waals surface area (Å²) in [5.41, 5.74) is 8.77. The third kappa shape index (κ3) is 46.1. The van der Waals surface area contributed by atoms with Crippen LogP contribution in [0.2, 0.25) is 0 Å². The molecule has 0 spiro atoms. The SMILES string of the molecule is C/C=C/CCCC.C=CCCCC.CCCCCCC.CCCN.CCCNC.O=S1(=O)CCN(Cc2ccccc2)CC1.O=S1(=O)CCN(Cc2ccccc2)CC1.O=S1(=O)CCN(Cc2ccccc2)CC1. The van der Waals surface area contributed by atoms with Crippen LogP contribution in [0.3, 0.4) is 0 Å². The highest BCUT2D eigenvalue weighted by Gasteiger charge is 2.23. The molecular weight excluding hydrogens is 983 g/mol. The van der Waals surface area contributed by atoms with E-state index in [9.17, 15) is 25.3 Å². The molecule has 426 valence electrons. The van der Waals surface area contributed by atoms with Crippen molar-refractivity contribution in [1.82, 2.24) is 20.0 Å². The smallest absolute Gasteiger partial charge is 0.152 e. The number of unbranched alkanes of at least 4 members (excludes halogenated alkanes) is 8. The van der Waals surface area contributed by atoms with Gasteiger partial charge in [0.05, 0.1) is 34.5 Å². The summed E-state index contributed by atoms with van der Waals surface area (Å²) in [5.74, 6) is 1.83. The lowest BCUT2D eigenvalue weighted by Gasteiger charge is -2.26. The lowest BCUT2D eigenvalue weighted by molar-refractivity contribution is 0.287. The summed E-state index contributed by atoms with van der Waals surface area (Å²) in [6, 6.07) is 30.5. The summed E-state index contributed by atoms with van der Waals surface area (Å²) in [6.45, 7) is 27.3. The number of nitrogens with one attached hydrogen (secondary N) is 1. The van der Waals surface area contributed by atoms with Crippen molar-refractivity contribution in [3.63, 3.8) is 0 Å². The summed E-state index contributed by atoms with van der Waals surface area (Å²) < 4.78 is 67.3. The summed E-state index contributed by atoms with van der Waals surface area (Å²) in [7, 11) is -6.29. The molecule has 3 saturated heterocycles. The van der Waals surface area contributed by atoms with Crippen molar-refractivity contribution in [3.05, 3.63) is 132 Å². The first kappa shape index (κ1) is 72.9. The number of hydrogen-bond donors (Lipinski definition) is 2. The Hall–Kier alpha value is -3.21. The van der Waals surface area contributed by atoms with Crippen LogP contribution in [0.1, 0.15) is 149 Å². The van der Waals surface area contributed by atoms with Gasteiger partial charge in [0.2, 0.25) is 0 Å². The number of benzene rings is 3. The molecule has 0 bridgehead atoms. The maximum absolute atomic E-state index is 11.2. The van der Waals surface area contributed by atoms with Crippen LogP contribution in [0.5, 0.6) is 0 Å². The molecule has 0 unspecified atom stereocenters. The third-order valence-electron chi connectivity index (χ3n) is 11.8. The van der Waals surface area contributed by atoms with E-state index in [0.29, 0.717) is 73.8 Å². The molecule has 3 fully saturated rings. The van der Waals surface area contributed by atoms with Gasteiger partial charge in [-0.25, -0.2) is 25.3 Å². The molecule has 3 aliphatic rings. The Balaban J connectivity index is 0. The van der Waals surface area contributed by atoms with E-state index in [1.807, 2.05) is 67.7 Å². The van der Waals surface area contributed by atoms with E-state index in [2.05, 4.69) is 124 Å². The van der Waals surface area contributed by atoms with Gasteiger partial charge in [-0.3, -0.25) is 14.7 Å². The molecule has 0 aromatic heterocycles. The summed E-state index contributed by atoms with van der Waals surface area (Å²) in [5, 5.41) is 3.02. The molecule has 3 heterocycles. The van der Waals surface area contributed by atoms with Crippen LogP contribution in [0.4, 0.5) is 0 Å². The zero-order valence-electron chi connectivity index (χ0n) is 47.9. The highest BCUT2D eigenvalue weighted by Crippen LogP contribution is 2.12. The Kier molecular flexibility index (Phi) is 48.6. The minimum atomic E-state index is -2.75. The Labute approximate surface area is 456 Å². The highest BCUT2D eigenvalue weighted by atomic mass is 32.2. The Morgan fingerprint density at radius 2 is 0.770 bits per heavy atom. The van der Waals surface area contributed by atoms with Crippen LogP contribution in [-0.2, 0) is 49.1 Å². The van der Waals surface area contributed by atoms with Gasteiger partial charge in [-0.05, 0) is 69.4 Å². The standard InChI is InChI=1S/3C11H15NO2S.C7H16.C7H14.C6H12.C4H11N.C3H9N/c3*13-15(14)8-6-12(7-9-15)10-11-4-2-1-3-5-11;2*1-3-5-7-6-4-2;1-3-5-6-4-2;1-3-4-5-2;1-2-3-4/h3*1-5H,6-10H2;3-7H2,1-2H3;3,5H,4,6-7H2,1-2H3;3H,1,4-6H2,2H3;5H,3-4H2,1-2H3;2-4H2,1H3/b;;;;5-3+;;;. The molecule has 0 atom stereocenters. The first-order chi connectivity index (χ1) is 35.5. The molecule has 3 aromatic carbocycles. The zero-order chi connectivity index (χ0) is 55.6. The maximum Gasteiger partial charge on any atom is 0.152 e. The number of rotatable bonds is 19. The average molecular weight is 1090 g/mol. The van der Waals surface area contributed by atoms with Crippen LogP contribution in [0, 0.1) is 0 Å². The van der Waals surface area contributed by atoms with E-state index in [1.165, 1.54) is 93.7 Å². The topological polar surface area (TPSA) is 150 Å². The van der Waals surface area contributed by atoms with Crippen molar-refractivity contribution in [3.8, 4) is 0 Å². The molecule has 3 aromatic rings. The molecular formula is C60H107N5O6S3. The second-order valence-corrected chi connectivity index (χ2v) is 25.7. The largest absolute Gasteiger partial charge is 0.330 e. The molecule has 0 aliphatic carbocycles. The van der Waals surface area contributed by atoms with E-state index >= 15 is 0 Å². The fourth-order valence-electron chi connectivity index (χ4n) is 7.01. The highest BCUT2D eigenvalue weighted by molar-refractivity contribution is 7.92. The van der Waals surface area contributed by atoms with E-state index in [-0.39, 0.29) is 0 Å². The van der Waals surface area contributed by atoms with Crippen molar-refractivity contribution < 1.29 is 25.3 Å². The zero-order valence-corrected chi connectivity index (χ0v) is 50.4. The first-order valence-corrected chi connectivity index (χ1v) is 33.5. The van der Waals surface area contributed by atoms with Crippen molar-refractivity contribution in [2.24, 2.45) is 5.73 Å². The second-order valence-electron chi connectivity index (χ2n) is 18.8. The number of allylic oxidation sites excluding steroid dienone is 3. The normalized spacial score (nSPS) is 16.5. The summed E-state index contributed by atoms with van der Waals surface area (Å²) in [4.78, 5) is 6.57. The third-order valence-corrected chi connectivity index (χ3v) is 16.6. The van der Waals surface area contributed by atoms with Crippen LogP contribution in [0.15, 0.2) is 116 Å². The molecule has 11 nitrogen and oxygen atoms in total. The van der Waals surface area contributed by atoms with Crippen LogP contribution < -0.4 is 11.1 Å². The number of nitrogens with zero attached hydrogens (tertiary/aromatic N) is 3. The monoisotopic (exact) mass is 1090 g/mol. The molecule has 6 rings (SSSR count). The van der Waals surface area contributed by atoms with Crippen LogP contribution in [-0.4, -0.2) is 134 Å². The van der Waals surface area contributed by atoms with Gasteiger partial charge in [0.1, 0.15) is 0 Å². The molecule has 3 N–H and O–H groups in total. The van der Waals surface area contributed by atoms with E-state index in [4.69, 9.17) is 5.73 Å². The van der Waals surface area contributed by atoms with Crippen molar-refractivity contribution >= 4 is 29.5 Å². The van der Waals surface area contributed by atoms with Gasteiger partial charge in [0.25, 0.3) is 0 Å². The Bertz CT molecular complexity index is 1810. The second kappa shape index (κ2) is 49.4. The quantitative estimate of drug-likeness (QED) is 0.0872. The minimum Gasteiger partial charge on any atom is -0.330 e. The van der Waals surface area contributed by atoms with Gasteiger partial charge in [0.15, 0.2) is 29.5 Å². The van der Waals surface area contributed by atoms with E-state index in [0.717, 1.165) is 39.1 Å². The molecule has 0 amide bonds. The molecule has 14 heteroatoms. The predicted octanol–water partition coefficient (Wildman–Crippen LogP) is 11.8. The van der Waals surface area contributed by atoms with E-state index in [1.54, 1.807) is 0 Å². The van der Waals surface area contributed by atoms with Gasteiger partial charge in [-0.2, -0.15) is 0 Å². The number of hydrogen-bond acceptors (Lipinski definition) is 11. The number of nitrogens with two attached hydrogens (primary N) is 1. The van der Waals surface area contributed by atoms with Gasteiger partial charge >= 0.3 is 0 Å². The average Bonchev–Trinajstić information content (AvgIpc) is 3.40. The van der Waals surface area contributed by atoms with E-state index < -0.39 is 29.5 Å². The number of sulfone groups is 3. The molecule has 74 heavy (non-hydrogen) atoms. The minimum absolute atomic E-state index is 0.305. The van der Waals surface area contributed by atoms with Crippen LogP contribution in [0.25, 0.3) is 0 Å². The molecule has 3 aliphatic heterocycles. The van der Waals surface area contributed by atoms with Gasteiger partial charge in [-0.15, -0.1) is 6.58 Å². The lowest BCUT2D eigenvalue weighted by atomic mass is 10.2. The van der Waals surface area contributed by atoms with Gasteiger partial charge in [0, 0.05) is 58.9 Å². The van der Waals surface area contributed by atoms with Gasteiger partial charge in [-0.1, -0.05) is 209 Å². The summed E-state index contributed by atoms with van der Waals surface area (Å²) in [6.07, 6.45) is 23.3. The summed E-state index contributed by atoms with van der Waals surface area (Å²) >= 11 is 0. The van der Waals surface area contributed by atoms with Crippen molar-refractivity contribution in [2.45, 2.75) is 152 Å². The van der Waals surface area contributed by atoms with Crippen molar-refractivity contribution in [2.75, 3.05) is 93.9 Å². The fourth-order valence-corrected chi connectivity index (χ4v) is 10.8. The first-order valence-electron chi connectivity index (χ1n) is 28.0.